The fraction of sp³-hybridized carbons (Fsp3) is 0.308. The molecular weight excluding hydrogens is 510 g/mol. The van der Waals surface area contributed by atoms with E-state index in [-0.39, 0.29) is 5.75 Å². The molecule has 9 heteroatoms. The lowest BCUT2D eigenvalue weighted by atomic mass is 9.97. The van der Waals surface area contributed by atoms with Crippen LogP contribution in [0.4, 0.5) is 5.82 Å². The zero-order chi connectivity index (χ0) is 23.8. The first-order valence-electron chi connectivity index (χ1n) is 11.8. The summed E-state index contributed by atoms with van der Waals surface area (Å²) in [6.45, 7) is 4.04. The van der Waals surface area contributed by atoms with Crippen LogP contribution in [0.3, 0.4) is 0 Å². The van der Waals surface area contributed by atoms with Crippen LogP contribution in [0.2, 0.25) is 0 Å². The van der Waals surface area contributed by atoms with E-state index in [0.717, 1.165) is 54.4 Å². The average molecular weight is 536 g/mol. The molecule has 8 nitrogen and oxygen atoms in total. The van der Waals surface area contributed by atoms with E-state index >= 15 is 0 Å². The SMILES string of the molecule is Oc1ccccc1-c1cc(NCC2CCCN(Cc3cccc4c3OCO4)C2)n2ncc(Br)c2n1. The molecule has 0 amide bonds. The van der Waals surface area contributed by atoms with E-state index in [1.54, 1.807) is 16.8 Å². The summed E-state index contributed by atoms with van der Waals surface area (Å²) in [4.78, 5) is 7.23. The van der Waals surface area contributed by atoms with Crippen LogP contribution in [-0.4, -0.2) is 51.0 Å². The van der Waals surface area contributed by atoms with Gasteiger partial charge >= 0.3 is 0 Å². The summed E-state index contributed by atoms with van der Waals surface area (Å²) in [5, 5.41) is 18.5. The standard InChI is InChI=1S/C26H26BrN5O3/c27-20-13-29-32-24(11-21(30-26(20)32)19-7-1-2-8-22(19)33)28-12-17-5-4-10-31(14-17)15-18-6-3-9-23-25(18)35-16-34-23/h1-3,6-9,11,13,17,28,33H,4-5,10,12,14-16H2. The second kappa shape index (κ2) is 9.39. The molecule has 1 unspecified atom stereocenters. The quantitative estimate of drug-likeness (QED) is 0.362. The summed E-state index contributed by atoms with van der Waals surface area (Å²) < 4.78 is 13.9. The molecule has 180 valence electrons. The Morgan fingerprint density at radius 3 is 2.97 bits per heavy atom. The number of nitrogens with zero attached hydrogens (tertiary/aromatic N) is 4. The van der Waals surface area contributed by atoms with E-state index in [1.165, 1.54) is 12.0 Å². The topological polar surface area (TPSA) is 84.2 Å². The van der Waals surface area contributed by atoms with E-state index in [9.17, 15) is 5.11 Å². The molecule has 35 heavy (non-hydrogen) atoms. The highest BCUT2D eigenvalue weighted by Gasteiger charge is 2.24. The van der Waals surface area contributed by atoms with Crippen molar-refractivity contribution in [3.8, 4) is 28.5 Å². The number of nitrogens with one attached hydrogen (secondary N) is 1. The van der Waals surface area contributed by atoms with E-state index in [1.807, 2.05) is 36.4 Å². The number of halogens is 1. The number of rotatable bonds is 6. The normalized spacial score (nSPS) is 17.7. The predicted octanol–water partition coefficient (Wildman–Crippen LogP) is 4.92. The van der Waals surface area contributed by atoms with Crippen LogP contribution in [0.25, 0.3) is 16.9 Å². The summed E-state index contributed by atoms with van der Waals surface area (Å²) in [7, 11) is 0. The lowest BCUT2D eigenvalue weighted by Gasteiger charge is -2.33. The number of benzene rings is 2. The number of aromatic hydroxyl groups is 1. The summed E-state index contributed by atoms with van der Waals surface area (Å²) in [6, 6.07) is 15.3. The van der Waals surface area contributed by atoms with Crippen LogP contribution in [0.1, 0.15) is 18.4 Å². The Morgan fingerprint density at radius 2 is 2.06 bits per heavy atom. The van der Waals surface area contributed by atoms with Gasteiger partial charge in [-0.1, -0.05) is 24.3 Å². The van der Waals surface area contributed by atoms with Gasteiger partial charge in [-0.2, -0.15) is 9.61 Å². The maximum absolute atomic E-state index is 10.4. The number of ether oxygens (including phenoxy) is 2. The molecule has 6 rings (SSSR count). The molecular formula is C26H26BrN5O3. The Bertz CT molecular complexity index is 1370. The lowest BCUT2D eigenvalue weighted by Crippen LogP contribution is -2.37. The molecule has 1 atom stereocenters. The third-order valence-electron chi connectivity index (χ3n) is 6.66. The van der Waals surface area contributed by atoms with Crippen molar-refractivity contribution in [2.45, 2.75) is 19.4 Å². The van der Waals surface area contributed by atoms with Gasteiger partial charge in [-0.05, 0) is 59.4 Å². The van der Waals surface area contributed by atoms with Crippen molar-refractivity contribution in [3.63, 3.8) is 0 Å². The fourth-order valence-corrected chi connectivity index (χ4v) is 5.30. The smallest absolute Gasteiger partial charge is 0.231 e. The van der Waals surface area contributed by atoms with Crippen molar-refractivity contribution >= 4 is 27.4 Å². The Hall–Kier alpha value is -3.30. The molecule has 2 aliphatic heterocycles. The molecule has 4 aromatic rings. The van der Waals surface area contributed by atoms with Gasteiger partial charge in [0.05, 0.1) is 16.4 Å². The molecule has 0 radical (unpaired) electrons. The first-order chi connectivity index (χ1) is 17.2. The molecule has 4 heterocycles. The van der Waals surface area contributed by atoms with Gasteiger partial charge in [0.15, 0.2) is 17.1 Å². The maximum Gasteiger partial charge on any atom is 0.231 e. The highest BCUT2D eigenvalue weighted by Crippen LogP contribution is 2.36. The minimum absolute atomic E-state index is 0.204. The Balaban J connectivity index is 1.19. The molecule has 0 saturated carbocycles. The minimum Gasteiger partial charge on any atom is -0.507 e. The van der Waals surface area contributed by atoms with Crippen LogP contribution < -0.4 is 14.8 Å². The number of fused-ring (bicyclic) bond motifs is 2. The highest BCUT2D eigenvalue weighted by atomic mass is 79.9. The monoisotopic (exact) mass is 535 g/mol. The van der Waals surface area contributed by atoms with Gasteiger partial charge in [-0.15, -0.1) is 0 Å². The van der Waals surface area contributed by atoms with Crippen molar-refractivity contribution in [2.75, 3.05) is 31.7 Å². The molecule has 0 spiro atoms. The third-order valence-corrected chi connectivity index (χ3v) is 7.22. The van der Waals surface area contributed by atoms with Crippen molar-refractivity contribution in [3.05, 3.63) is 64.8 Å². The van der Waals surface area contributed by atoms with Crippen LogP contribution in [0.5, 0.6) is 17.2 Å². The molecule has 0 bridgehead atoms. The molecule has 1 saturated heterocycles. The van der Waals surface area contributed by atoms with Crippen molar-refractivity contribution in [1.82, 2.24) is 19.5 Å². The lowest BCUT2D eigenvalue weighted by molar-refractivity contribution is 0.162. The van der Waals surface area contributed by atoms with Crippen molar-refractivity contribution in [1.29, 1.82) is 0 Å². The van der Waals surface area contributed by atoms with Gasteiger partial charge < -0.3 is 19.9 Å². The molecule has 2 aliphatic rings. The van der Waals surface area contributed by atoms with Crippen LogP contribution in [-0.2, 0) is 6.54 Å². The Kier molecular flexibility index (Phi) is 5.95. The molecule has 0 aliphatic carbocycles. The zero-order valence-electron chi connectivity index (χ0n) is 19.2. The minimum atomic E-state index is 0.204. The number of para-hydroxylation sites is 2. The second-order valence-corrected chi connectivity index (χ2v) is 9.90. The average Bonchev–Trinajstić information content (AvgIpc) is 3.51. The Labute approximate surface area is 211 Å². The molecule has 2 N–H and O–H groups in total. The summed E-state index contributed by atoms with van der Waals surface area (Å²) >= 11 is 3.55. The second-order valence-electron chi connectivity index (χ2n) is 9.05. The number of hydrogen-bond acceptors (Lipinski definition) is 7. The third kappa shape index (κ3) is 4.41. The van der Waals surface area contributed by atoms with Gasteiger partial charge in [0, 0.05) is 36.8 Å². The van der Waals surface area contributed by atoms with Crippen molar-refractivity contribution in [2.24, 2.45) is 5.92 Å². The number of piperidine rings is 1. The van der Waals surface area contributed by atoms with Crippen LogP contribution in [0, 0.1) is 5.92 Å². The largest absolute Gasteiger partial charge is 0.507 e. The molecule has 2 aromatic heterocycles. The molecule has 1 fully saturated rings. The van der Waals surface area contributed by atoms with Gasteiger partial charge in [0.2, 0.25) is 6.79 Å². The highest BCUT2D eigenvalue weighted by molar-refractivity contribution is 9.10. The van der Waals surface area contributed by atoms with Crippen LogP contribution >= 0.6 is 15.9 Å². The van der Waals surface area contributed by atoms with E-state index in [0.29, 0.717) is 29.6 Å². The number of phenolic OH excluding ortho intramolecular Hbond substituents is 1. The number of anilines is 1. The summed E-state index contributed by atoms with van der Waals surface area (Å²) in [5.41, 5.74) is 3.28. The van der Waals surface area contributed by atoms with Gasteiger partial charge in [-0.25, -0.2) is 4.98 Å². The number of aromatic nitrogens is 3. The maximum atomic E-state index is 10.4. The van der Waals surface area contributed by atoms with Gasteiger partial charge in [-0.3, -0.25) is 4.90 Å². The Morgan fingerprint density at radius 1 is 1.14 bits per heavy atom. The van der Waals surface area contributed by atoms with Gasteiger partial charge in [0.25, 0.3) is 0 Å². The fourth-order valence-electron chi connectivity index (χ4n) is 4.96. The molecule has 2 aromatic carbocycles. The first-order valence-corrected chi connectivity index (χ1v) is 12.6. The van der Waals surface area contributed by atoms with Crippen molar-refractivity contribution < 1.29 is 14.6 Å². The number of hydrogen-bond donors (Lipinski definition) is 2. The summed E-state index contributed by atoms with van der Waals surface area (Å²) in [6.07, 6.45) is 4.06. The zero-order valence-corrected chi connectivity index (χ0v) is 20.7. The number of likely N-dealkylation sites (tertiary alicyclic amines) is 1. The summed E-state index contributed by atoms with van der Waals surface area (Å²) in [5.74, 6) is 3.27. The predicted molar refractivity (Wildman–Crippen MR) is 137 cm³/mol. The van der Waals surface area contributed by atoms with E-state index in [4.69, 9.17) is 14.5 Å². The first kappa shape index (κ1) is 22.2. The van der Waals surface area contributed by atoms with Gasteiger partial charge in [0.1, 0.15) is 11.6 Å². The number of phenols is 1. The van der Waals surface area contributed by atoms with Crippen LogP contribution in [0.15, 0.2) is 59.2 Å². The van der Waals surface area contributed by atoms with E-state index in [2.05, 4.69) is 37.3 Å². The van der Waals surface area contributed by atoms with E-state index < -0.39 is 0 Å².